The Bertz CT molecular complexity index is 865. The summed E-state index contributed by atoms with van der Waals surface area (Å²) in [6.45, 7) is 5.15. The average Bonchev–Trinajstić information content (AvgIpc) is 3.13. The maximum atomic E-state index is 13.9. The molecule has 1 aromatic heterocycles. The van der Waals surface area contributed by atoms with E-state index in [1.54, 1.807) is 0 Å². The van der Waals surface area contributed by atoms with Crippen molar-refractivity contribution in [1.29, 1.82) is 0 Å². The number of aryl methyl sites for hydroxylation is 3. The Morgan fingerprint density at radius 3 is 2.74 bits per heavy atom. The SMILES string of the molecule is Cc1cc(C)n(CCCNC(=O)C2CC(=O)N(c3ccc(F)cc3F)C2)n1. The molecule has 2 aromatic rings. The summed E-state index contributed by atoms with van der Waals surface area (Å²) in [6, 6.07) is 5.04. The van der Waals surface area contributed by atoms with E-state index in [-0.39, 0.29) is 30.5 Å². The van der Waals surface area contributed by atoms with Crippen molar-refractivity contribution >= 4 is 17.5 Å². The van der Waals surface area contributed by atoms with Crippen LogP contribution in [0, 0.1) is 31.4 Å². The quantitative estimate of drug-likeness (QED) is 0.787. The van der Waals surface area contributed by atoms with Gasteiger partial charge in [-0.1, -0.05) is 0 Å². The van der Waals surface area contributed by atoms with E-state index < -0.39 is 17.6 Å². The molecular weight excluding hydrogens is 354 g/mol. The Morgan fingerprint density at radius 1 is 1.30 bits per heavy atom. The molecule has 1 atom stereocenters. The first-order valence-electron chi connectivity index (χ1n) is 8.89. The second kappa shape index (κ2) is 7.85. The Labute approximate surface area is 156 Å². The predicted molar refractivity (Wildman–Crippen MR) is 96.1 cm³/mol. The molecular formula is C19H22F2N4O2. The number of halogens is 2. The van der Waals surface area contributed by atoms with Gasteiger partial charge in [-0.05, 0) is 38.5 Å². The molecule has 2 amide bonds. The lowest BCUT2D eigenvalue weighted by atomic mass is 10.1. The molecule has 0 aliphatic carbocycles. The number of carbonyl (C=O) groups is 2. The number of aromatic nitrogens is 2. The number of nitrogens with zero attached hydrogens (tertiary/aromatic N) is 3. The maximum absolute atomic E-state index is 13.9. The number of hydrogen-bond acceptors (Lipinski definition) is 3. The van der Waals surface area contributed by atoms with Gasteiger partial charge in [0.2, 0.25) is 11.8 Å². The third-order valence-corrected chi connectivity index (χ3v) is 4.65. The van der Waals surface area contributed by atoms with Crippen LogP contribution in [0.4, 0.5) is 14.5 Å². The molecule has 8 heteroatoms. The second-order valence-corrected chi connectivity index (χ2v) is 6.80. The molecule has 27 heavy (non-hydrogen) atoms. The van der Waals surface area contributed by atoms with Crippen LogP contribution < -0.4 is 10.2 Å². The summed E-state index contributed by atoms with van der Waals surface area (Å²) < 4.78 is 28.8. The van der Waals surface area contributed by atoms with Crippen LogP contribution in [-0.4, -0.2) is 34.7 Å². The summed E-state index contributed by atoms with van der Waals surface area (Å²) in [5.74, 6) is -2.64. The Morgan fingerprint density at radius 2 is 2.07 bits per heavy atom. The molecule has 6 nitrogen and oxygen atoms in total. The van der Waals surface area contributed by atoms with Gasteiger partial charge in [0.25, 0.3) is 0 Å². The van der Waals surface area contributed by atoms with Crippen LogP contribution in [0.5, 0.6) is 0 Å². The van der Waals surface area contributed by atoms with Gasteiger partial charge in [-0.2, -0.15) is 5.10 Å². The smallest absolute Gasteiger partial charge is 0.227 e. The standard InChI is InChI=1S/C19H22F2N4O2/c1-12-8-13(2)25(23-12)7-3-6-22-19(27)14-9-18(26)24(11-14)17-5-4-15(20)10-16(17)21/h4-5,8,10,14H,3,6-7,9,11H2,1-2H3,(H,22,27). The molecule has 2 heterocycles. The minimum atomic E-state index is -0.811. The van der Waals surface area contributed by atoms with E-state index in [4.69, 9.17) is 0 Å². The number of rotatable bonds is 6. The molecule has 1 saturated heterocycles. The van der Waals surface area contributed by atoms with E-state index in [1.165, 1.54) is 11.0 Å². The highest BCUT2D eigenvalue weighted by atomic mass is 19.1. The fourth-order valence-corrected chi connectivity index (χ4v) is 3.30. The molecule has 0 radical (unpaired) electrons. The maximum Gasteiger partial charge on any atom is 0.227 e. The molecule has 3 rings (SSSR count). The molecule has 0 bridgehead atoms. The van der Waals surface area contributed by atoms with Crippen molar-refractivity contribution in [1.82, 2.24) is 15.1 Å². The van der Waals surface area contributed by atoms with Crippen molar-refractivity contribution in [2.75, 3.05) is 18.0 Å². The number of hydrogen-bond donors (Lipinski definition) is 1. The van der Waals surface area contributed by atoms with Crippen molar-refractivity contribution in [2.24, 2.45) is 5.92 Å². The number of benzene rings is 1. The van der Waals surface area contributed by atoms with E-state index in [1.807, 2.05) is 24.6 Å². The Kier molecular flexibility index (Phi) is 5.53. The largest absolute Gasteiger partial charge is 0.356 e. The molecule has 0 spiro atoms. The first-order chi connectivity index (χ1) is 12.8. The van der Waals surface area contributed by atoms with Crippen LogP contribution in [-0.2, 0) is 16.1 Å². The summed E-state index contributed by atoms with van der Waals surface area (Å²) in [5, 5.41) is 7.19. The number of nitrogens with one attached hydrogen (secondary N) is 1. The molecule has 1 fully saturated rings. The number of anilines is 1. The number of carbonyl (C=O) groups excluding carboxylic acids is 2. The van der Waals surface area contributed by atoms with Crippen LogP contribution in [0.15, 0.2) is 24.3 Å². The zero-order chi connectivity index (χ0) is 19.6. The van der Waals surface area contributed by atoms with Crippen molar-refractivity contribution in [3.63, 3.8) is 0 Å². The van der Waals surface area contributed by atoms with Crippen LogP contribution in [0.25, 0.3) is 0 Å². The van der Waals surface area contributed by atoms with Crippen molar-refractivity contribution in [2.45, 2.75) is 33.2 Å². The van der Waals surface area contributed by atoms with Crippen LogP contribution >= 0.6 is 0 Å². The zero-order valence-corrected chi connectivity index (χ0v) is 15.3. The zero-order valence-electron chi connectivity index (χ0n) is 15.3. The lowest BCUT2D eigenvalue weighted by molar-refractivity contribution is -0.126. The summed E-state index contributed by atoms with van der Waals surface area (Å²) in [6.07, 6.45) is 0.727. The highest BCUT2D eigenvalue weighted by Crippen LogP contribution is 2.28. The van der Waals surface area contributed by atoms with E-state index in [2.05, 4.69) is 10.4 Å². The fourth-order valence-electron chi connectivity index (χ4n) is 3.30. The lowest BCUT2D eigenvalue weighted by Gasteiger charge is -2.17. The normalized spacial score (nSPS) is 16.8. The summed E-state index contributed by atoms with van der Waals surface area (Å²) in [5.41, 5.74) is 2.02. The van der Waals surface area contributed by atoms with Gasteiger partial charge in [-0.3, -0.25) is 14.3 Å². The fraction of sp³-hybridized carbons (Fsp3) is 0.421. The van der Waals surface area contributed by atoms with Gasteiger partial charge >= 0.3 is 0 Å². The summed E-state index contributed by atoms with van der Waals surface area (Å²) in [7, 11) is 0. The van der Waals surface area contributed by atoms with Crippen LogP contribution in [0.1, 0.15) is 24.2 Å². The van der Waals surface area contributed by atoms with Gasteiger partial charge in [-0.25, -0.2) is 8.78 Å². The summed E-state index contributed by atoms with van der Waals surface area (Å²) >= 11 is 0. The summed E-state index contributed by atoms with van der Waals surface area (Å²) in [4.78, 5) is 25.7. The highest BCUT2D eigenvalue weighted by molar-refractivity contribution is 6.00. The third kappa shape index (κ3) is 4.32. The van der Waals surface area contributed by atoms with Crippen LogP contribution in [0.3, 0.4) is 0 Å². The topological polar surface area (TPSA) is 67.2 Å². The predicted octanol–water partition coefficient (Wildman–Crippen LogP) is 2.34. The minimum absolute atomic E-state index is 0.00114. The molecule has 144 valence electrons. The highest BCUT2D eigenvalue weighted by Gasteiger charge is 2.36. The first-order valence-corrected chi connectivity index (χ1v) is 8.89. The molecule has 0 saturated carbocycles. The second-order valence-electron chi connectivity index (χ2n) is 6.80. The van der Waals surface area contributed by atoms with Gasteiger partial charge in [0.05, 0.1) is 17.3 Å². The molecule has 1 N–H and O–H groups in total. The first kappa shape index (κ1) is 19.0. The molecule has 1 aliphatic rings. The molecule has 1 aliphatic heterocycles. The monoisotopic (exact) mass is 376 g/mol. The van der Waals surface area contributed by atoms with Crippen molar-refractivity contribution < 1.29 is 18.4 Å². The minimum Gasteiger partial charge on any atom is -0.356 e. The molecule has 1 unspecified atom stereocenters. The molecule has 1 aromatic carbocycles. The van der Waals surface area contributed by atoms with E-state index in [0.29, 0.717) is 19.5 Å². The van der Waals surface area contributed by atoms with Crippen molar-refractivity contribution in [3.8, 4) is 0 Å². The Hall–Kier alpha value is -2.77. The van der Waals surface area contributed by atoms with Gasteiger partial charge in [-0.15, -0.1) is 0 Å². The van der Waals surface area contributed by atoms with Gasteiger partial charge in [0, 0.05) is 37.8 Å². The number of amides is 2. The van der Waals surface area contributed by atoms with E-state index in [0.717, 1.165) is 23.5 Å². The third-order valence-electron chi connectivity index (χ3n) is 4.65. The van der Waals surface area contributed by atoms with Gasteiger partial charge < -0.3 is 10.2 Å². The Balaban J connectivity index is 1.51. The van der Waals surface area contributed by atoms with Crippen molar-refractivity contribution in [3.05, 3.63) is 47.3 Å². The van der Waals surface area contributed by atoms with E-state index >= 15 is 0 Å². The van der Waals surface area contributed by atoms with Gasteiger partial charge in [0.1, 0.15) is 11.6 Å². The average molecular weight is 376 g/mol. The van der Waals surface area contributed by atoms with E-state index in [9.17, 15) is 18.4 Å². The van der Waals surface area contributed by atoms with Gasteiger partial charge in [0.15, 0.2) is 0 Å². The lowest BCUT2D eigenvalue weighted by Crippen LogP contribution is -2.34. The van der Waals surface area contributed by atoms with Crippen LogP contribution in [0.2, 0.25) is 0 Å².